The van der Waals surface area contributed by atoms with Crippen LogP contribution in [0.2, 0.25) is 0 Å². The van der Waals surface area contributed by atoms with E-state index in [0.717, 1.165) is 41.2 Å². The molecule has 3 atom stereocenters. The molecular weight excluding hydrogens is 500 g/mol. The lowest BCUT2D eigenvalue weighted by molar-refractivity contribution is -0.129. The van der Waals surface area contributed by atoms with Gasteiger partial charge < -0.3 is 16.0 Å². The molecular formula is C29H38N4O4S. The van der Waals surface area contributed by atoms with E-state index in [0.29, 0.717) is 5.92 Å². The number of amides is 2. The van der Waals surface area contributed by atoms with Gasteiger partial charge in [0.25, 0.3) is 10.0 Å². The number of benzene rings is 2. The van der Waals surface area contributed by atoms with Crippen LogP contribution in [0.25, 0.3) is 0 Å². The van der Waals surface area contributed by atoms with Crippen LogP contribution in [0.4, 0.5) is 0 Å². The number of fused-ring (bicyclic) bond motifs is 1. The predicted octanol–water partition coefficient (Wildman–Crippen LogP) is 3.85. The van der Waals surface area contributed by atoms with Crippen molar-refractivity contribution in [1.29, 1.82) is 0 Å². The summed E-state index contributed by atoms with van der Waals surface area (Å²) in [6.07, 6.45) is 5.00. The van der Waals surface area contributed by atoms with Gasteiger partial charge in [0.1, 0.15) is 6.04 Å². The highest BCUT2D eigenvalue weighted by Gasteiger charge is 2.37. The number of aryl methyl sites for hydroxylation is 2. The molecule has 3 N–H and O–H groups in total. The van der Waals surface area contributed by atoms with Crippen LogP contribution >= 0.6 is 0 Å². The summed E-state index contributed by atoms with van der Waals surface area (Å²) in [7, 11) is -4.01. The molecule has 0 saturated carbocycles. The Kier molecular flexibility index (Phi) is 8.57. The normalized spacial score (nSPS) is 20.1. The third-order valence-electron chi connectivity index (χ3n) is 7.18. The van der Waals surface area contributed by atoms with Crippen LogP contribution in [0.5, 0.6) is 0 Å². The Balaban J connectivity index is 1.47. The quantitative estimate of drug-likeness (QED) is 0.450. The Morgan fingerprint density at radius 1 is 1.13 bits per heavy atom. The second-order valence-electron chi connectivity index (χ2n) is 10.7. The van der Waals surface area contributed by atoms with Crippen LogP contribution in [0, 0.1) is 12.8 Å². The molecule has 38 heavy (non-hydrogen) atoms. The SMILES string of the molecule is Cc1ccc(S(=O)(=O)N2C=CNC(=O)[C@H]2CC(=O)NC2CCCc3cc([C@@H](C)NCC(C)C)ccc32)cc1. The van der Waals surface area contributed by atoms with Crippen molar-refractivity contribution in [3.05, 3.63) is 77.1 Å². The lowest BCUT2D eigenvalue weighted by atomic mass is 9.85. The van der Waals surface area contributed by atoms with Gasteiger partial charge in [0.15, 0.2) is 0 Å². The maximum absolute atomic E-state index is 13.3. The summed E-state index contributed by atoms with van der Waals surface area (Å²) in [5.41, 5.74) is 4.45. The maximum atomic E-state index is 13.3. The minimum absolute atomic E-state index is 0.0713. The van der Waals surface area contributed by atoms with E-state index in [1.54, 1.807) is 12.1 Å². The molecule has 1 heterocycles. The molecule has 9 heteroatoms. The summed E-state index contributed by atoms with van der Waals surface area (Å²) < 4.78 is 27.6. The Bertz CT molecular complexity index is 1300. The Morgan fingerprint density at radius 2 is 1.87 bits per heavy atom. The molecule has 0 radical (unpaired) electrons. The molecule has 1 unspecified atom stereocenters. The predicted molar refractivity (Wildman–Crippen MR) is 147 cm³/mol. The molecule has 2 aliphatic rings. The summed E-state index contributed by atoms with van der Waals surface area (Å²) in [6.45, 7) is 9.34. The first-order chi connectivity index (χ1) is 18.1. The first kappa shape index (κ1) is 27.9. The molecule has 2 aromatic carbocycles. The van der Waals surface area contributed by atoms with Crippen LogP contribution < -0.4 is 16.0 Å². The minimum atomic E-state index is -4.01. The molecule has 2 aromatic rings. The van der Waals surface area contributed by atoms with Gasteiger partial charge in [-0.2, -0.15) is 0 Å². The second kappa shape index (κ2) is 11.7. The van der Waals surface area contributed by atoms with E-state index in [1.165, 1.54) is 35.7 Å². The van der Waals surface area contributed by atoms with E-state index in [9.17, 15) is 18.0 Å². The average Bonchev–Trinajstić information content (AvgIpc) is 2.88. The summed E-state index contributed by atoms with van der Waals surface area (Å²) in [5.74, 6) is -0.326. The van der Waals surface area contributed by atoms with Crippen LogP contribution in [0.3, 0.4) is 0 Å². The zero-order chi connectivity index (χ0) is 27.4. The van der Waals surface area contributed by atoms with Crippen LogP contribution in [0.15, 0.2) is 59.8 Å². The van der Waals surface area contributed by atoms with Gasteiger partial charge in [-0.15, -0.1) is 0 Å². The van der Waals surface area contributed by atoms with Gasteiger partial charge in [-0.1, -0.05) is 49.7 Å². The van der Waals surface area contributed by atoms with Crippen molar-refractivity contribution in [3.63, 3.8) is 0 Å². The molecule has 204 valence electrons. The lowest BCUT2D eigenvalue weighted by Crippen LogP contribution is -2.51. The topological polar surface area (TPSA) is 108 Å². The minimum Gasteiger partial charge on any atom is -0.349 e. The molecule has 4 rings (SSSR count). The van der Waals surface area contributed by atoms with Crippen molar-refractivity contribution >= 4 is 21.8 Å². The fraction of sp³-hybridized carbons (Fsp3) is 0.448. The fourth-order valence-corrected chi connectivity index (χ4v) is 6.43. The molecule has 2 amide bonds. The van der Waals surface area contributed by atoms with E-state index in [2.05, 4.69) is 54.9 Å². The Labute approximate surface area is 225 Å². The highest BCUT2D eigenvalue weighted by atomic mass is 32.2. The molecule has 0 bridgehead atoms. The summed E-state index contributed by atoms with van der Waals surface area (Å²) in [6, 6.07) is 11.7. The molecule has 8 nitrogen and oxygen atoms in total. The Morgan fingerprint density at radius 3 is 2.58 bits per heavy atom. The van der Waals surface area contributed by atoms with E-state index in [1.807, 2.05) is 6.92 Å². The first-order valence-electron chi connectivity index (χ1n) is 13.3. The maximum Gasteiger partial charge on any atom is 0.264 e. The standard InChI is InChI=1S/C29H38N4O4S/c1-19(2)18-31-21(4)22-10-13-25-23(16-22)6-5-7-26(25)32-28(34)17-27-29(35)30-14-15-33(27)38(36,37)24-11-8-20(3)9-12-24/h8-16,19,21,26-27,31H,5-7,17-18H2,1-4H3,(H,30,35)(H,32,34)/t21-,26?,27-/m1/s1. The van der Waals surface area contributed by atoms with Gasteiger partial charge in [0, 0.05) is 18.4 Å². The van der Waals surface area contributed by atoms with E-state index in [4.69, 9.17) is 0 Å². The number of hydrogen-bond donors (Lipinski definition) is 3. The fourth-order valence-electron chi connectivity index (χ4n) is 4.98. The van der Waals surface area contributed by atoms with Crippen LogP contribution in [-0.4, -0.2) is 37.1 Å². The van der Waals surface area contributed by atoms with Crippen molar-refractivity contribution in [2.45, 2.75) is 76.4 Å². The van der Waals surface area contributed by atoms with Gasteiger partial charge in [-0.25, -0.2) is 8.42 Å². The van der Waals surface area contributed by atoms with Crippen molar-refractivity contribution in [1.82, 2.24) is 20.3 Å². The van der Waals surface area contributed by atoms with Crippen LogP contribution in [-0.2, 0) is 26.0 Å². The summed E-state index contributed by atoms with van der Waals surface area (Å²) >= 11 is 0. The van der Waals surface area contributed by atoms with E-state index in [-0.39, 0.29) is 29.3 Å². The van der Waals surface area contributed by atoms with Crippen molar-refractivity contribution in [2.75, 3.05) is 6.54 Å². The zero-order valence-electron chi connectivity index (χ0n) is 22.5. The highest BCUT2D eigenvalue weighted by Crippen LogP contribution is 2.32. The van der Waals surface area contributed by atoms with Crippen molar-refractivity contribution in [3.8, 4) is 0 Å². The van der Waals surface area contributed by atoms with E-state index >= 15 is 0 Å². The van der Waals surface area contributed by atoms with Crippen molar-refractivity contribution < 1.29 is 18.0 Å². The third kappa shape index (κ3) is 6.27. The summed E-state index contributed by atoms with van der Waals surface area (Å²) in [5, 5.41) is 9.17. The van der Waals surface area contributed by atoms with Gasteiger partial charge in [0.05, 0.1) is 17.4 Å². The van der Waals surface area contributed by atoms with Gasteiger partial charge in [-0.05, 0) is 74.4 Å². The number of hydrogen-bond acceptors (Lipinski definition) is 5. The zero-order valence-corrected chi connectivity index (χ0v) is 23.3. The number of nitrogens with zero attached hydrogens (tertiary/aromatic N) is 1. The number of rotatable bonds is 9. The lowest BCUT2D eigenvalue weighted by Gasteiger charge is -2.32. The number of carbonyl (C=O) groups is 2. The molecule has 1 aliphatic heterocycles. The first-order valence-corrected chi connectivity index (χ1v) is 14.7. The number of nitrogens with one attached hydrogen (secondary N) is 3. The molecule has 0 saturated heterocycles. The van der Waals surface area contributed by atoms with Crippen molar-refractivity contribution in [2.24, 2.45) is 5.92 Å². The number of sulfonamides is 1. The van der Waals surface area contributed by atoms with Gasteiger partial charge >= 0.3 is 0 Å². The molecule has 1 aliphatic carbocycles. The third-order valence-corrected chi connectivity index (χ3v) is 8.98. The van der Waals surface area contributed by atoms with Gasteiger partial charge in [0.2, 0.25) is 11.8 Å². The van der Waals surface area contributed by atoms with E-state index < -0.39 is 22.0 Å². The molecule has 0 aromatic heterocycles. The average molecular weight is 539 g/mol. The molecule has 0 spiro atoms. The number of carbonyl (C=O) groups excluding carboxylic acids is 2. The summed E-state index contributed by atoms with van der Waals surface area (Å²) in [4.78, 5) is 25.9. The second-order valence-corrected chi connectivity index (χ2v) is 12.5. The van der Waals surface area contributed by atoms with Crippen LogP contribution in [0.1, 0.15) is 74.4 Å². The highest BCUT2D eigenvalue weighted by molar-refractivity contribution is 7.89. The largest absolute Gasteiger partial charge is 0.349 e. The smallest absolute Gasteiger partial charge is 0.264 e. The van der Waals surface area contributed by atoms with Gasteiger partial charge in [-0.3, -0.25) is 13.9 Å². The monoisotopic (exact) mass is 538 g/mol. The molecule has 0 fully saturated rings. The Hall–Kier alpha value is -3.17.